The topological polar surface area (TPSA) is 26.3 Å². The van der Waals surface area contributed by atoms with Gasteiger partial charge in [0.1, 0.15) is 6.10 Å². The molecule has 4 unspecified atom stereocenters. The number of carbonyl (C=O) groups is 1. The number of esters is 1. The van der Waals surface area contributed by atoms with E-state index in [1.165, 1.54) is 32.1 Å². The van der Waals surface area contributed by atoms with Crippen LogP contribution in [0.4, 0.5) is 0 Å². The van der Waals surface area contributed by atoms with Crippen LogP contribution < -0.4 is 0 Å². The van der Waals surface area contributed by atoms with E-state index in [4.69, 9.17) is 4.74 Å². The summed E-state index contributed by atoms with van der Waals surface area (Å²) in [4.78, 5) is 12.4. The van der Waals surface area contributed by atoms with Crippen molar-refractivity contribution in [3.05, 3.63) is 0 Å². The summed E-state index contributed by atoms with van der Waals surface area (Å²) >= 11 is 0. The minimum Gasteiger partial charge on any atom is -0.462 e. The zero-order chi connectivity index (χ0) is 14.8. The van der Waals surface area contributed by atoms with Crippen molar-refractivity contribution in [2.24, 2.45) is 16.7 Å². The van der Waals surface area contributed by atoms with Gasteiger partial charge in [0, 0.05) is 5.92 Å². The zero-order valence-corrected chi connectivity index (χ0v) is 13.8. The molecule has 0 amide bonds. The quantitative estimate of drug-likeness (QED) is 0.632. The highest BCUT2D eigenvalue weighted by atomic mass is 16.6. The summed E-state index contributed by atoms with van der Waals surface area (Å²) < 4.78 is 5.81. The number of unbranched alkanes of at least 4 members (excludes halogenated alkanes) is 2. The van der Waals surface area contributed by atoms with Gasteiger partial charge < -0.3 is 4.74 Å². The van der Waals surface area contributed by atoms with Crippen molar-refractivity contribution < 1.29 is 9.53 Å². The fourth-order valence-electron chi connectivity index (χ4n) is 4.36. The molecule has 116 valence electrons. The van der Waals surface area contributed by atoms with Gasteiger partial charge >= 0.3 is 5.97 Å². The first-order valence-corrected chi connectivity index (χ1v) is 8.66. The predicted octanol–water partition coefficient (Wildman–Crippen LogP) is 5.10. The van der Waals surface area contributed by atoms with Crippen LogP contribution in [-0.4, -0.2) is 12.1 Å². The van der Waals surface area contributed by atoms with E-state index in [0.717, 1.165) is 25.7 Å². The Hall–Kier alpha value is -0.530. The maximum absolute atomic E-state index is 12.4. The second kappa shape index (κ2) is 6.07. The average Bonchev–Trinajstić information content (AvgIpc) is 2.65. The molecular weight excluding hydrogens is 248 g/mol. The summed E-state index contributed by atoms with van der Waals surface area (Å²) in [5.74, 6) is 0.553. The van der Waals surface area contributed by atoms with Crippen LogP contribution >= 0.6 is 0 Å². The van der Waals surface area contributed by atoms with Gasteiger partial charge in [-0.25, -0.2) is 0 Å². The normalized spacial score (nSPS) is 40.5. The molecule has 0 bridgehead atoms. The molecule has 2 rings (SSSR count). The molecule has 20 heavy (non-hydrogen) atoms. The molecule has 1 saturated heterocycles. The summed E-state index contributed by atoms with van der Waals surface area (Å²) in [7, 11) is 0. The van der Waals surface area contributed by atoms with Gasteiger partial charge in [-0.1, -0.05) is 46.5 Å². The lowest BCUT2D eigenvalue weighted by atomic mass is 9.61. The van der Waals surface area contributed by atoms with Crippen LogP contribution in [0.5, 0.6) is 0 Å². The number of ether oxygens (including phenoxy) is 1. The van der Waals surface area contributed by atoms with Crippen LogP contribution in [0.15, 0.2) is 0 Å². The molecule has 1 heterocycles. The molecule has 2 nitrogen and oxygen atoms in total. The Labute approximate surface area is 124 Å². The van der Waals surface area contributed by atoms with E-state index >= 15 is 0 Å². The molecule has 0 aromatic heterocycles. The third-order valence-corrected chi connectivity index (χ3v) is 5.93. The molecule has 0 spiro atoms. The Morgan fingerprint density at radius 3 is 2.45 bits per heavy atom. The first-order chi connectivity index (χ1) is 9.45. The molecule has 0 radical (unpaired) electrons. The third-order valence-electron chi connectivity index (χ3n) is 5.93. The highest BCUT2D eigenvalue weighted by Gasteiger charge is 2.56. The lowest BCUT2D eigenvalue weighted by Gasteiger charge is -2.41. The molecular formula is C18H32O2. The van der Waals surface area contributed by atoms with Gasteiger partial charge in [-0.3, -0.25) is 4.79 Å². The fraction of sp³-hybridized carbons (Fsp3) is 0.944. The molecule has 2 fully saturated rings. The van der Waals surface area contributed by atoms with Crippen molar-refractivity contribution in [1.29, 1.82) is 0 Å². The van der Waals surface area contributed by atoms with Crippen LogP contribution in [-0.2, 0) is 9.53 Å². The van der Waals surface area contributed by atoms with Gasteiger partial charge in [-0.2, -0.15) is 0 Å². The number of hydrogen-bond donors (Lipinski definition) is 0. The summed E-state index contributed by atoms with van der Waals surface area (Å²) in [5, 5.41) is 0. The fourth-order valence-corrected chi connectivity index (χ4v) is 4.36. The monoisotopic (exact) mass is 280 g/mol. The van der Waals surface area contributed by atoms with Crippen molar-refractivity contribution in [2.45, 2.75) is 91.6 Å². The molecule has 0 N–H and O–H groups in total. The van der Waals surface area contributed by atoms with Gasteiger partial charge in [-0.05, 0) is 44.4 Å². The second-order valence-electron chi connectivity index (χ2n) is 7.73. The Balaban J connectivity index is 2.04. The smallest absolute Gasteiger partial charge is 0.312 e. The van der Waals surface area contributed by atoms with E-state index in [2.05, 4.69) is 27.7 Å². The first kappa shape index (κ1) is 15.9. The van der Waals surface area contributed by atoms with Crippen molar-refractivity contribution >= 4 is 5.97 Å². The largest absolute Gasteiger partial charge is 0.462 e. The van der Waals surface area contributed by atoms with Crippen molar-refractivity contribution in [3.63, 3.8) is 0 Å². The van der Waals surface area contributed by atoms with E-state index in [-0.39, 0.29) is 17.5 Å². The van der Waals surface area contributed by atoms with E-state index < -0.39 is 0 Å². The molecule has 4 atom stereocenters. The average molecular weight is 280 g/mol. The molecule has 1 aliphatic heterocycles. The summed E-state index contributed by atoms with van der Waals surface area (Å²) in [6.07, 6.45) is 10.9. The summed E-state index contributed by atoms with van der Waals surface area (Å²) in [5.41, 5.74) is 0.195. The Morgan fingerprint density at radius 1 is 1.15 bits per heavy atom. The Morgan fingerprint density at radius 2 is 1.80 bits per heavy atom. The van der Waals surface area contributed by atoms with E-state index in [0.29, 0.717) is 11.3 Å². The lowest BCUT2D eigenvalue weighted by Crippen LogP contribution is -2.39. The Bertz CT molecular complexity index is 351. The Kier molecular flexibility index (Phi) is 4.81. The standard InChI is InChI=1S/C18H32O2/c1-5-7-10-17(3)12-9-14-15(13-17)20-16(19)18(14,4)11-8-6-2/h14-15H,5-13H2,1-4H3. The van der Waals surface area contributed by atoms with Crippen LogP contribution in [0, 0.1) is 16.7 Å². The van der Waals surface area contributed by atoms with Gasteiger partial charge in [0.25, 0.3) is 0 Å². The van der Waals surface area contributed by atoms with Crippen molar-refractivity contribution in [1.82, 2.24) is 0 Å². The molecule has 2 heteroatoms. The first-order valence-electron chi connectivity index (χ1n) is 8.66. The van der Waals surface area contributed by atoms with Crippen LogP contribution in [0.1, 0.15) is 85.5 Å². The predicted molar refractivity (Wildman–Crippen MR) is 82.5 cm³/mol. The maximum atomic E-state index is 12.4. The van der Waals surface area contributed by atoms with E-state index in [9.17, 15) is 4.79 Å². The number of hydrogen-bond acceptors (Lipinski definition) is 2. The van der Waals surface area contributed by atoms with Gasteiger partial charge in [-0.15, -0.1) is 0 Å². The van der Waals surface area contributed by atoms with E-state index in [1.807, 2.05) is 0 Å². The lowest BCUT2D eigenvalue weighted by molar-refractivity contribution is -0.149. The highest BCUT2D eigenvalue weighted by Crippen LogP contribution is 2.54. The third kappa shape index (κ3) is 2.89. The molecule has 0 aromatic carbocycles. The van der Waals surface area contributed by atoms with Crippen LogP contribution in [0.2, 0.25) is 0 Å². The minimum absolute atomic E-state index is 0.0840. The molecule has 0 aromatic rings. The number of carbonyl (C=O) groups excluding carboxylic acids is 1. The van der Waals surface area contributed by atoms with Crippen molar-refractivity contribution in [2.75, 3.05) is 0 Å². The number of rotatable bonds is 6. The minimum atomic E-state index is -0.202. The molecule has 1 saturated carbocycles. The SMILES string of the molecule is CCCCC1(C)CCC2C(C1)OC(=O)C2(C)CCCC. The summed E-state index contributed by atoms with van der Waals surface area (Å²) in [6, 6.07) is 0. The zero-order valence-electron chi connectivity index (χ0n) is 13.8. The maximum Gasteiger partial charge on any atom is 0.312 e. The molecule has 2 aliphatic rings. The van der Waals surface area contributed by atoms with Gasteiger partial charge in [0.15, 0.2) is 0 Å². The summed E-state index contributed by atoms with van der Waals surface area (Å²) in [6.45, 7) is 9.01. The van der Waals surface area contributed by atoms with Crippen LogP contribution in [0.3, 0.4) is 0 Å². The highest BCUT2D eigenvalue weighted by molar-refractivity contribution is 5.79. The number of fused-ring (bicyclic) bond motifs is 1. The second-order valence-corrected chi connectivity index (χ2v) is 7.73. The van der Waals surface area contributed by atoms with E-state index in [1.54, 1.807) is 0 Å². The van der Waals surface area contributed by atoms with Crippen molar-refractivity contribution in [3.8, 4) is 0 Å². The molecule has 1 aliphatic carbocycles. The van der Waals surface area contributed by atoms with Gasteiger partial charge in [0.2, 0.25) is 0 Å². The van der Waals surface area contributed by atoms with Crippen LogP contribution in [0.25, 0.3) is 0 Å². The van der Waals surface area contributed by atoms with Gasteiger partial charge in [0.05, 0.1) is 5.41 Å².